The van der Waals surface area contributed by atoms with Crippen LogP contribution in [0.1, 0.15) is 23.8 Å². The summed E-state index contributed by atoms with van der Waals surface area (Å²) in [5, 5.41) is 4.64. The van der Waals surface area contributed by atoms with Gasteiger partial charge in [0.2, 0.25) is 17.6 Å². The lowest BCUT2D eigenvalue weighted by molar-refractivity contribution is -0.131. The van der Waals surface area contributed by atoms with Crippen molar-refractivity contribution in [2.24, 2.45) is 0 Å². The average molecular weight is 427 g/mol. The fourth-order valence-electron chi connectivity index (χ4n) is 3.49. The highest BCUT2D eigenvalue weighted by Crippen LogP contribution is 2.19. The number of rotatable bonds is 5. The normalized spacial score (nSPS) is 14.2. The van der Waals surface area contributed by atoms with Crippen LogP contribution in [0, 0.1) is 13.8 Å². The lowest BCUT2D eigenvalue weighted by Crippen LogP contribution is -2.49. The largest absolute Gasteiger partial charge is 0.353 e. The van der Waals surface area contributed by atoms with Gasteiger partial charge in [0.05, 0.1) is 0 Å². The highest BCUT2D eigenvalue weighted by Gasteiger charge is 2.22. The molecule has 1 amide bonds. The third kappa shape index (κ3) is 4.76. The van der Waals surface area contributed by atoms with Crippen LogP contribution in [0.5, 0.6) is 0 Å². The Kier molecular flexibility index (Phi) is 5.94. The van der Waals surface area contributed by atoms with E-state index in [1.54, 1.807) is 12.1 Å². The molecule has 3 heterocycles. The van der Waals surface area contributed by atoms with Crippen LogP contribution in [-0.4, -0.2) is 57.1 Å². The van der Waals surface area contributed by atoms with Gasteiger partial charge in [-0.15, -0.1) is 0 Å². The molecule has 0 atom stereocenters. The maximum atomic E-state index is 12.6. The smallest absolute Gasteiger partial charge is 0.227 e. The molecule has 2 aromatic heterocycles. The number of aryl methyl sites for hydroxylation is 3. The predicted molar refractivity (Wildman–Crippen MR) is 113 cm³/mol. The lowest BCUT2D eigenvalue weighted by atomic mass is 10.2. The van der Waals surface area contributed by atoms with Crippen LogP contribution >= 0.6 is 11.6 Å². The summed E-state index contributed by atoms with van der Waals surface area (Å²) in [6.45, 7) is 6.70. The third-order valence-corrected chi connectivity index (χ3v) is 5.28. The molecule has 0 aliphatic carbocycles. The van der Waals surface area contributed by atoms with Crippen molar-refractivity contribution in [2.75, 3.05) is 31.1 Å². The number of aromatic nitrogens is 4. The number of benzene rings is 1. The van der Waals surface area contributed by atoms with Crippen LogP contribution in [0.3, 0.4) is 0 Å². The zero-order chi connectivity index (χ0) is 21.1. The fourth-order valence-corrected chi connectivity index (χ4v) is 3.61. The van der Waals surface area contributed by atoms with E-state index < -0.39 is 0 Å². The van der Waals surface area contributed by atoms with Gasteiger partial charge in [-0.3, -0.25) is 4.79 Å². The molecule has 1 aliphatic heterocycles. The maximum Gasteiger partial charge on any atom is 0.227 e. The minimum atomic E-state index is 0.0935. The van der Waals surface area contributed by atoms with E-state index in [4.69, 9.17) is 16.1 Å². The van der Waals surface area contributed by atoms with Crippen molar-refractivity contribution in [2.45, 2.75) is 26.7 Å². The number of piperazine rings is 1. The molecule has 0 N–H and O–H groups in total. The molecule has 9 heteroatoms. The van der Waals surface area contributed by atoms with Gasteiger partial charge < -0.3 is 14.3 Å². The summed E-state index contributed by atoms with van der Waals surface area (Å²) in [5.74, 6) is 2.74. The van der Waals surface area contributed by atoms with E-state index in [9.17, 15) is 4.79 Å². The number of hydrogen-bond acceptors (Lipinski definition) is 7. The zero-order valence-electron chi connectivity index (χ0n) is 17.0. The summed E-state index contributed by atoms with van der Waals surface area (Å²) in [6.07, 6.45) is 0.762. The van der Waals surface area contributed by atoms with Gasteiger partial charge in [0.1, 0.15) is 11.6 Å². The number of hydrogen-bond donors (Lipinski definition) is 0. The van der Waals surface area contributed by atoms with E-state index in [1.165, 1.54) is 0 Å². The molecule has 0 bridgehead atoms. The van der Waals surface area contributed by atoms with Gasteiger partial charge in [-0.05, 0) is 38.1 Å². The predicted octanol–water partition coefficient (Wildman–Crippen LogP) is 3.08. The molecule has 0 radical (unpaired) electrons. The number of halogens is 1. The van der Waals surface area contributed by atoms with Crippen LogP contribution in [-0.2, 0) is 11.2 Å². The monoisotopic (exact) mass is 426 g/mol. The number of carbonyl (C=O) groups is 1. The molecule has 0 spiro atoms. The number of anilines is 1. The first-order chi connectivity index (χ1) is 14.5. The maximum absolute atomic E-state index is 12.6. The third-order valence-electron chi connectivity index (χ3n) is 5.03. The van der Waals surface area contributed by atoms with Gasteiger partial charge in [0, 0.05) is 61.4 Å². The first-order valence-corrected chi connectivity index (χ1v) is 10.3. The van der Waals surface area contributed by atoms with Crippen molar-refractivity contribution in [3.8, 4) is 11.4 Å². The number of nitrogens with zero attached hydrogens (tertiary/aromatic N) is 6. The van der Waals surface area contributed by atoms with Crippen LogP contribution < -0.4 is 4.90 Å². The molecular formula is C21H23ClN6O2. The Morgan fingerprint density at radius 3 is 2.50 bits per heavy atom. The van der Waals surface area contributed by atoms with Gasteiger partial charge in [-0.1, -0.05) is 16.8 Å². The van der Waals surface area contributed by atoms with Crippen LogP contribution in [0.15, 0.2) is 34.9 Å². The lowest BCUT2D eigenvalue weighted by Gasteiger charge is -2.35. The highest BCUT2D eigenvalue weighted by molar-refractivity contribution is 6.30. The molecule has 1 fully saturated rings. The first-order valence-electron chi connectivity index (χ1n) is 9.91. The van der Waals surface area contributed by atoms with Gasteiger partial charge in [0.25, 0.3) is 0 Å². The second-order valence-corrected chi connectivity index (χ2v) is 7.74. The zero-order valence-corrected chi connectivity index (χ0v) is 17.8. The standard InChI is InChI=1S/C21H23ClN6O2/c1-14-13-18(24-15(2)23-14)27-9-11-28(12-10-27)20(29)8-7-19-25-21(26-30-19)16-3-5-17(22)6-4-16/h3-6,13H,7-12H2,1-2H3. The Morgan fingerprint density at radius 1 is 1.07 bits per heavy atom. The van der Waals surface area contributed by atoms with Crippen molar-refractivity contribution in [3.05, 3.63) is 52.8 Å². The van der Waals surface area contributed by atoms with Crippen LogP contribution in [0.25, 0.3) is 11.4 Å². The molecule has 1 aliphatic rings. The molecule has 1 saturated heterocycles. The van der Waals surface area contributed by atoms with Crippen molar-refractivity contribution >= 4 is 23.3 Å². The minimum Gasteiger partial charge on any atom is -0.353 e. The van der Waals surface area contributed by atoms with E-state index in [-0.39, 0.29) is 5.91 Å². The van der Waals surface area contributed by atoms with Crippen molar-refractivity contribution < 1.29 is 9.32 Å². The fraction of sp³-hybridized carbons (Fsp3) is 0.381. The van der Waals surface area contributed by atoms with Gasteiger partial charge in [-0.25, -0.2) is 9.97 Å². The molecule has 1 aromatic carbocycles. The molecule has 156 valence electrons. The second kappa shape index (κ2) is 8.79. The molecule has 0 unspecified atom stereocenters. The molecule has 8 nitrogen and oxygen atoms in total. The van der Waals surface area contributed by atoms with Crippen LogP contribution in [0.4, 0.5) is 5.82 Å². The Labute approximate surface area is 179 Å². The van der Waals surface area contributed by atoms with E-state index in [0.29, 0.717) is 42.7 Å². The molecule has 30 heavy (non-hydrogen) atoms. The van der Waals surface area contributed by atoms with E-state index in [2.05, 4.69) is 25.0 Å². The van der Waals surface area contributed by atoms with Crippen molar-refractivity contribution in [3.63, 3.8) is 0 Å². The molecular weight excluding hydrogens is 404 g/mol. The quantitative estimate of drug-likeness (QED) is 0.619. The highest BCUT2D eigenvalue weighted by atomic mass is 35.5. The summed E-state index contributed by atoms with van der Waals surface area (Å²) in [7, 11) is 0. The van der Waals surface area contributed by atoms with Crippen molar-refractivity contribution in [1.82, 2.24) is 25.0 Å². The Hall–Kier alpha value is -3.00. The summed E-state index contributed by atoms with van der Waals surface area (Å²) in [5.41, 5.74) is 1.78. The van der Waals surface area contributed by atoms with Gasteiger partial charge >= 0.3 is 0 Å². The Morgan fingerprint density at radius 2 is 1.80 bits per heavy atom. The van der Waals surface area contributed by atoms with Gasteiger partial charge in [0.15, 0.2) is 0 Å². The first kappa shape index (κ1) is 20.3. The molecule has 4 rings (SSSR count). The number of amides is 1. The Bertz CT molecular complexity index is 1010. The average Bonchev–Trinajstić information content (AvgIpc) is 3.21. The van der Waals surface area contributed by atoms with Crippen LogP contribution in [0.2, 0.25) is 5.02 Å². The molecule has 0 saturated carbocycles. The van der Waals surface area contributed by atoms with Gasteiger partial charge in [-0.2, -0.15) is 4.98 Å². The van der Waals surface area contributed by atoms with Crippen molar-refractivity contribution in [1.29, 1.82) is 0 Å². The summed E-state index contributed by atoms with van der Waals surface area (Å²) in [4.78, 5) is 29.9. The second-order valence-electron chi connectivity index (χ2n) is 7.30. The molecule has 3 aromatic rings. The SMILES string of the molecule is Cc1cc(N2CCN(C(=O)CCc3nc(-c4ccc(Cl)cc4)no3)CC2)nc(C)n1. The summed E-state index contributed by atoms with van der Waals surface area (Å²) < 4.78 is 5.30. The van der Waals surface area contributed by atoms with E-state index in [0.717, 1.165) is 36.0 Å². The topological polar surface area (TPSA) is 88.2 Å². The Balaban J connectivity index is 1.29. The number of carbonyl (C=O) groups excluding carboxylic acids is 1. The van der Waals surface area contributed by atoms with E-state index in [1.807, 2.05) is 36.9 Å². The van der Waals surface area contributed by atoms with E-state index >= 15 is 0 Å². The minimum absolute atomic E-state index is 0.0935. The summed E-state index contributed by atoms with van der Waals surface area (Å²) in [6, 6.07) is 9.21. The summed E-state index contributed by atoms with van der Waals surface area (Å²) >= 11 is 5.90.